The minimum absolute atomic E-state index is 0.113. The lowest BCUT2D eigenvalue weighted by atomic mass is 10.2. The Labute approximate surface area is 124 Å². The first kappa shape index (κ1) is 14.0. The van der Waals surface area contributed by atoms with E-state index in [4.69, 9.17) is 10.9 Å². The number of nitrogens with zero attached hydrogens (tertiary/aromatic N) is 1. The Morgan fingerprint density at radius 2 is 1.89 bits per heavy atom. The van der Waals surface area contributed by atoms with E-state index in [1.54, 1.807) is 11.8 Å². The molecule has 19 heavy (non-hydrogen) atoms. The normalized spacial score (nSPS) is 11.6. The molecule has 0 saturated carbocycles. The largest absolute Gasteiger partial charge is 0.409 e. The van der Waals surface area contributed by atoms with Crippen molar-refractivity contribution in [2.24, 2.45) is 10.9 Å². The maximum Gasteiger partial charge on any atom is 0.171 e. The molecule has 0 unspecified atom stereocenters. The van der Waals surface area contributed by atoms with Gasteiger partial charge in [-0.3, -0.25) is 0 Å². The van der Waals surface area contributed by atoms with E-state index < -0.39 is 0 Å². The van der Waals surface area contributed by atoms with Crippen molar-refractivity contribution >= 4 is 33.5 Å². The molecule has 0 aliphatic carbocycles. The third-order valence-corrected chi connectivity index (χ3v) is 4.13. The Kier molecular flexibility index (Phi) is 4.50. The summed E-state index contributed by atoms with van der Waals surface area (Å²) < 4.78 is 0.955. The highest BCUT2D eigenvalue weighted by molar-refractivity contribution is 9.10. The van der Waals surface area contributed by atoms with Crippen LogP contribution in [0.4, 0.5) is 0 Å². The van der Waals surface area contributed by atoms with Crippen LogP contribution in [0.2, 0.25) is 0 Å². The van der Waals surface area contributed by atoms with Crippen molar-refractivity contribution in [3.8, 4) is 0 Å². The van der Waals surface area contributed by atoms with Crippen molar-refractivity contribution in [3.63, 3.8) is 0 Å². The number of aryl methyl sites for hydroxylation is 1. The molecule has 0 bridgehead atoms. The minimum atomic E-state index is 0.113. The topological polar surface area (TPSA) is 58.6 Å². The molecular formula is C14H13BrN2OS. The van der Waals surface area contributed by atoms with Crippen molar-refractivity contribution < 1.29 is 5.21 Å². The van der Waals surface area contributed by atoms with Crippen molar-refractivity contribution in [2.75, 3.05) is 0 Å². The summed E-state index contributed by atoms with van der Waals surface area (Å²) in [6, 6.07) is 13.9. The second-order valence-corrected chi connectivity index (χ2v) is 6.07. The summed E-state index contributed by atoms with van der Waals surface area (Å²) in [4.78, 5) is 2.05. The number of amidine groups is 1. The lowest BCUT2D eigenvalue weighted by Gasteiger charge is -2.09. The monoisotopic (exact) mass is 336 g/mol. The van der Waals surface area contributed by atoms with Gasteiger partial charge in [0.25, 0.3) is 0 Å². The number of hydrogen-bond donors (Lipinski definition) is 2. The molecule has 2 rings (SSSR count). The Balaban J connectivity index is 2.38. The molecule has 0 aromatic heterocycles. The molecule has 5 heteroatoms. The molecule has 3 N–H and O–H groups in total. The minimum Gasteiger partial charge on any atom is -0.409 e. The van der Waals surface area contributed by atoms with Crippen molar-refractivity contribution in [1.29, 1.82) is 0 Å². The smallest absolute Gasteiger partial charge is 0.171 e. The van der Waals surface area contributed by atoms with Crippen molar-refractivity contribution in [3.05, 3.63) is 58.1 Å². The highest BCUT2D eigenvalue weighted by Crippen LogP contribution is 2.32. The zero-order valence-electron chi connectivity index (χ0n) is 10.3. The number of nitrogens with two attached hydrogens (primary N) is 1. The van der Waals surface area contributed by atoms with Gasteiger partial charge in [0, 0.05) is 19.8 Å². The second-order valence-electron chi connectivity index (χ2n) is 4.04. The highest BCUT2D eigenvalue weighted by Gasteiger charge is 2.09. The van der Waals surface area contributed by atoms with Crippen LogP contribution in [-0.2, 0) is 0 Å². The quantitative estimate of drug-likeness (QED) is 0.385. The van der Waals surface area contributed by atoms with E-state index in [2.05, 4.69) is 52.3 Å². The first-order valence-corrected chi connectivity index (χ1v) is 7.23. The molecule has 0 radical (unpaired) electrons. The molecule has 0 amide bonds. The molecule has 0 atom stereocenters. The standard InChI is InChI=1S/C14H13BrN2OS/c1-9-2-5-11(6-3-9)19-13-8-10(15)4-7-12(13)14(16)17-18/h2-8,18H,1H3,(H2,16,17). The summed E-state index contributed by atoms with van der Waals surface area (Å²) in [5.41, 5.74) is 7.63. The third-order valence-electron chi connectivity index (χ3n) is 2.58. The molecule has 0 fully saturated rings. The van der Waals surface area contributed by atoms with Crippen LogP contribution < -0.4 is 5.73 Å². The van der Waals surface area contributed by atoms with Crippen molar-refractivity contribution in [2.45, 2.75) is 16.7 Å². The summed E-state index contributed by atoms with van der Waals surface area (Å²) >= 11 is 5.01. The van der Waals surface area contributed by atoms with E-state index in [0.29, 0.717) is 0 Å². The van der Waals surface area contributed by atoms with Crippen molar-refractivity contribution in [1.82, 2.24) is 0 Å². The van der Waals surface area contributed by atoms with Crippen LogP contribution in [0.3, 0.4) is 0 Å². The summed E-state index contributed by atoms with van der Waals surface area (Å²) in [7, 11) is 0. The van der Waals surface area contributed by atoms with Gasteiger partial charge in [-0.2, -0.15) is 0 Å². The summed E-state index contributed by atoms with van der Waals surface area (Å²) in [5, 5.41) is 11.9. The number of hydrogen-bond acceptors (Lipinski definition) is 3. The Morgan fingerprint density at radius 1 is 1.21 bits per heavy atom. The fourth-order valence-electron chi connectivity index (χ4n) is 1.58. The van der Waals surface area contributed by atoms with E-state index in [-0.39, 0.29) is 5.84 Å². The third kappa shape index (κ3) is 3.52. The average molecular weight is 337 g/mol. The first-order valence-electron chi connectivity index (χ1n) is 5.62. The Morgan fingerprint density at radius 3 is 2.53 bits per heavy atom. The SMILES string of the molecule is Cc1ccc(Sc2cc(Br)ccc2/C(N)=N/O)cc1. The van der Waals surface area contributed by atoms with E-state index in [0.717, 1.165) is 19.8 Å². The van der Waals surface area contributed by atoms with Gasteiger partial charge in [-0.1, -0.05) is 50.5 Å². The van der Waals surface area contributed by atoms with Gasteiger partial charge in [0.2, 0.25) is 0 Å². The molecule has 0 aliphatic rings. The van der Waals surface area contributed by atoms with Crippen LogP contribution in [0.5, 0.6) is 0 Å². The molecule has 3 nitrogen and oxygen atoms in total. The van der Waals surface area contributed by atoms with Gasteiger partial charge in [-0.15, -0.1) is 0 Å². The van der Waals surface area contributed by atoms with Gasteiger partial charge in [-0.05, 0) is 37.3 Å². The van der Waals surface area contributed by atoms with E-state index in [1.807, 2.05) is 18.2 Å². The molecular weight excluding hydrogens is 324 g/mol. The number of halogens is 1. The number of oxime groups is 1. The highest BCUT2D eigenvalue weighted by atomic mass is 79.9. The van der Waals surface area contributed by atoms with E-state index in [9.17, 15) is 0 Å². The molecule has 0 heterocycles. The van der Waals surface area contributed by atoms with Crippen LogP contribution in [0, 0.1) is 6.92 Å². The van der Waals surface area contributed by atoms with Gasteiger partial charge in [0.05, 0.1) is 0 Å². The molecule has 0 aliphatic heterocycles. The maximum absolute atomic E-state index is 8.83. The lowest BCUT2D eigenvalue weighted by molar-refractivity contribution is 0.318. The molecule has 2 aromatic carbocycles. The Bertz CT molecular complexity index is 611. The fourth-order valence-corrected chi connectivity index (χ4v) is 3.09. The van der Waals surface area contributed by atoms with Gasteiger partial charge in [-0.25, -0.2) is 0 Å². The first-order chi connectivity index (χ1) is 9.10. The summed E-state index contributed by atoms with van der Waals surface area (Å²) in [6.07, 6.45) is 0. The number of benzene rings is 2. The predicted molar refractivity (Wildman–Crippen MR) is 82.0 cm³/mol. The van der Waals surface area contributed by atoms with Gasteiger partial charge in [0.1, 0.15) is 0 Å². The van der Waals surface area contributed by atoms with Crippen LogP contribution in [0.15, 0.2) is 61.9 Å². The molecule has 0 spiro atoms. The predicted octanol–water partition coefficient (Wildman–Crippen LogP) is 4.00. The maximum atomic E-state index is 8.83. The average Bonchev–Trinajstić information content (AvgIpc) is 2.41. The lowest BCUT2D eigenvalue weighted by Crippen LogP contribution is -2.14. The second kappa shape index (κ2) is 6.12. The summed E-state index contributed by atoms with van der Waals surface area (Å²) in [6.45, 7) is 2.05. The Hall–Kier alpha value is -1.46. The molecule has 98 valence electrons. The zero-order valence-corrected chi connectivity index (χ0v) is 12.7. The van der Waals surface area contributed by atoms with Gasteiger partial charge >= 0.3 is 0 Å². The van der Waals surface area contributed by atoms with Crippen LogP contribution >= 0.6 is 27.7 Å². The molecule has 0 saturated heterocycles. The number of rotatable bonds is 3. The van der Waals surface area contributed by atoms with Crippen LogP contribution in [-0.4, -0.2) is 11.0 Å². The summed E-state index contributed by atoms with van der Waals surface area (Å²) in [5.74, 6) is 0.113. The van der Waals surface area contributed by atoms with Gasteiger partial charge in [0.15, 0.2) is 5.84 Å². The fraction of sp³-hybridized carbons (Fsp3) is 0.0714. The zero-order chi connectivity index (χ0) is 13.8. The van der Waals surface area contributed by atoms with Gasteiger partial charge < -0.3 is 10.9 Å². The molecule has 2 aromatic rings. The van der Waals surface area contributed by atoms with E-state index in [1.165, 1.54) is 5.56 Å². The van der Waals surface area contributed by atoms with E-state index >= 15 is 0 Å². The van der Waals surface area contributed by atoms with Crippen LogP contribution in [0.1, 0.15) is 11.1 Å². The van der Waals surface area contributed by atoms with Crippen LogP contribution in [0.25, 0.3) is 0 Å².